The minimum atomic E-state index is -1.37. The van der Waals surface area contributed by atoms with Crippen molar-refractivity contribution in [1.29, 1.82) is 0 Å². The summed E-state index contributed by atoms with van der Waals surface area (Å²) in [7, 11) is 0. The van der Waals surface area contributed by atoms with Crippen LogP contribution in [0.25, 0.3) is 5.57 Å². The monoisotopic (exact) mass is 440 g/mol. The van der Waals surface area contributed by atoms with Crippen LogP contribution < -0.4 is 40.0 Å². The molecule has 2 amide bonds. The molecule has 1 aliphatic carbocycles. The number of amides is 2. The number of hydrogen-bond donors (Lipinski definition) is 1. The van der Waals surface area contributed by atoms with Gasteiger partial charge in [-0.1, -0.05) is 66.7 Å². The van der Waals surface area contributed by atoms with Gasteiger partial charge in [-0.2, -0.15) is 0 Å². The molecular formula is C23H17N2NaO4S. The van der Waals surface area contributed by atoms with Crippen LogP contribution in [0.5, 0.6) is 0 Å². The van der Waals surface area contributed by atoms with Gasteiger partial charge < -0.3 is 15.2 Å². The summed E-state index contributed by atoms with van der Waals surface area (Å²) < 4.78 is 0. The Balaban J connectivity index is 0.00000231. The van der Waals surface area contributed by atoms with Crippen LogP contribution in [0.2, 0.25) is 0 Å². The third-order valence-corrected chi connectivity index (χ3v) is 7.08. The first-order valence-corrected chi connectivity index (χ1v) is 10.5. The van der Waals surface area contributed by atoms with Crippen LogP contribution >= 0.6 is 11.8 Å². The van der Waals surface area contributed by atoms with E-state index in [9.17, 15) is 19.5 Å². The van der Waals surface area contributed by atoms with Gasteiger partial charge in [0.05, 0.1) is 23.3 Å². The van der Waals surface area contributed by atoms with E-state index in [0.29, 0.717) is 5.57 Å². The Hall–Kier alpha value is -2.32. The molecule has 0 spiro atoms. The average molecular weight is 440 g/mol. The van der Waals surface area contributed by atoms with Gasteiger partial charge in [-0.3, -0.25) is 14.5 Å². The van der Waals surface area contributed by atoms with Crippen LogP contribution in [-0.4, -0.2) is 39.3 Å². The molecule has 2 heterocycles. The van der Waals surface area contributed by atoms with E-state index in [1.54, 1.807) is 0 Å². The van der Waals surface area contributed by atoms with Crippen molar-refractivity contribution in [1.82, 2.24) is 10.2 Å². The topological polar surface area (TPSA) is 89.5 Å². The van der Waals surface area contributed by atoms with Crippen molar-refractivity contribution in [2.75, 3.05) is 0 Å². The first kappa shape index (κ1) is 21.9. The van der Waals surface area contributed by atoms with Crippen LogP contribution in [0.15, 0.2) is 78.0 Å². The number of benzene rings is 2. The maximum absolute atomic E-state index is 12.7. The molecule has 0 bridgehead atoms. The average Bonchev–Trinajstić information content (AvgIpc) is 2.73. The smallest absolute Gasteiger partial charge is 0.543 e. The number of carbonyl (C=O) groups is 3. The van der Waals surface area contributed by atoms with E-state index in [0.717, 1.165) is 16.7 Å². The maximum atomic E-state index is 12.7. The second-order valence-corrected chi connectivity index (χ2v) is 8.61. The zero-order valence-electron chi connectivity index (χ0n) is 16.8. The summed E-state index contributed by atoms with van der Waals surface area (Å²) in [6.45, 7) is 0. The Morgan fingerprint density at radius 2 is 1.68 bits per heavy atom. The minimum absolute atomic E-state index is 0. The van der Waals surface area contributed by atoms with Crippen LogP contribution in [-0.2, 0) is 20.8 Å². The number of nitrogens with zero attached hydrogens (tertiary/aromatic N) is 1. The number of aliphatic carboxylic acids is 1. The zero-order chi connectivity index (χ0) is 20.8. The molecule has 0 aromatic heterocycles. The molecule has 3 aliphatic rings. The van der Waals surface area contributed by atoms with Gasteiger partial charge in [-0.25, -0.2) is 0 Å². The van der Waals surface area contributed by atoms with Crippen molar-refractivity contribution in [2.45, 2.75) is 23.1 Å². The number of fused-ring (bicyclic) bond motifs is 2. The number of rotatable bonds is 5. The predicted octanol–water partition coefficient (Wildman–Crippen LogP) is -1.90. The molecule has 1 saturated heterocycles. The number of thioether (sulfide) groups is 1. The summed E-state index contributed by atoms with van der Waals surface area (Å²) in [5, 5.41) is 14.0. The van der Waals surface area contributed by atoms with Gasteiger partial charge in [0, 0.05) is 0 Å². The van der Waals surface area contributed by atoms with Crippen LogP contribution in [0.3, 0.4) is 0 Å². The number of carboxylic acid groups (broad SMARTS) is 1. The van der Waals surface area contributed by atoms with Gasteiger partial charge in [-0.05, 0) is 22.3 Å². The summed E-state index contributed by atoms with van der Waals surface area (Å²) in [6, 6.07) is 18.2. The summed E-state index contributed by atoms with van der Waals surface area (Å²) in [4.78, 5) is 38.2. The van der Waals surface area contributed by atoms with Crippen LogP contribution in [0, 0.1) is 0 Å². The van der Waals surface area contributed by atoms with E-state index in [-0.39, 0.29) is 52.8 Å². The molecule has 0 saturated carbocycles. The second kappa shape index (κ2) is 8.67. The third kappa shape index (κ3) is 3.76. The van der Waals surface area contributed by atoms with Crippen LogP contribution in [0.4, 0.5) is 0 Å². The molecule has 8 heteroatoms. The number of nitrogens with one attached hydrogen (secondary N) is 1. The van der Waals surface area contributed by atoms with Gasteiger partial charge >= 0.3 is 29.6 Å². The molecule has 1 fully saturated rings. The number of carboxylic acids is 1. The Morgan fingerprint density at radius 1 is 1.03 bits per heavy atom. The molecule has 3 atom stereocenters. The quantitative estimate of drug-likeness (QED) is 0.434. The number of β-lactam (4-membered cyclic amide) rings is 1. The minimum Gasteiger partial charge on any atom is -0.543 e. The van der Waals surface area contributed by atoms with Crippen molar-refractivity contribution < 1.29 is 49.0 Å². The van der Waals surface area contributed by atoms with E-state index < -0.39 is 23.3 Å². The summed E-state index contributed by atoms with van der Waals surface area (Å²) in [6.07, 6.45) is 1.97. The Labute approximate surface area is 205 Å². The summed E-state index contributed by atoms with van der Waals surface area (Å²) in [5.74, 6) is -2.05. The van der Waals surface area contributed by atoms with Gasteiger partial charge in [0.25, 0.3) is 5.91 Å². The first-order valence-electron chi connectivity index (χ1n) is 9.59. The molecular weight excluding hydrogens is 423 g/mol. The van der Waals surface area contributed by atoms with E-state index >= 15 is 0 Å². The molecule has 0 radical (unpaired) electrons. The van der Waals surface area contributed by atoms with E-state index in [2.05, 4.69) is 5.32 Å². The Bertz CT molecular complexity index is 1120. The van der Waals surface area contributed by atoms with Crippen molar-refractivity contribution in [3.05, 3.63) is 89.1 Å². The van der Waals surface area contributed by atoms with Crippen molar-refractivity contribution >= 4 is 35.1 Å². The number of allylic oxidation sites excluding steroid dienone is 1. The molecule has 31 heavy (non-hydrogen) atoms. The molecule has 1 N–H and O–H groups in total. The van der Waals surface area contributed by atoms with Crippen molar-refractivity contribution in [2.24, 2.45) is 0 Å². The number of carbonyl (C=O) groups excluding carboxylic acids is 3. The van der Waals surface area contributed by atoms with E-state index in [1.807, 2.05) is 66.7 Å². The van der Waals surface area contributed by atoms with Gasteiger partial charge in [0.2, 0.25) is 5.91 Å². The van der Waals surface area contributed by atoms with Crippen molar-refractivity contribution in [3.63, 3.8) is 0 Å². The standard InChI is InChI=1S/C23H18N2O4S.Na/c26-17(11-13-7-3-1-4-8-13)24-18-21(27)25-19(23(28)29)16-12-15(20(16)30-22(18)25)14-9-5-2-6-10-14;/h1-10,12,18,20,22H,11H2,(H,24,26)(H,28,29);/q;+1/p-1/t18-,20+,22-;/m1./s1. The Morgan fingerprint density at radius 3 is 2.32 bits per heavy atom. The van der Waals surface area contributed by atoms with E-state index in [4.69, 9.17) is 0 Å². The molecule has 5 rings (SSSR count). The first-order chi connectivity index (χ1) is 14.5. The zero-order valence-corrected chi connectivity index (χ0v) is 19.6. The molecule has 2 aromatic rings. The normalized spacial score (nSPS) is 23.4. The molecule has 2 aromatic carbocycles. The van der Waals surface area contributed by atoms with Gasteiger partial charge in [0.1, 0.15) is 11.4 Å². The van der Waals surface area contributed by atoms with Crippen molar-refractivity contribution in [3.8, 4) is 0 Å². The fourth-order valence-electron chi connectivity index (χ4n) is 4.07. The fraction of sp³-hybridized carbons (Fsp3) is 0.174. The predicted molar refractivity (Wildman–Crippen MR) is 111 cm³/mol. The second-order valence-electron chi connectivity index (χ2n) is 7.38. The van der Waals surface area contributed by atoms with Gasteiger partial charge in [0.15, 0.2) is 0 Å². The Kier molecular flexibility index (Phi) is 6.12. The maximum Gasteiger partial charge on any atom is 1.00 e. The third-order valence-electron chi connectivity index (χ3n) is 5.53. The molecule has 6 nitrogen and oxygen atoms in total. The molecule has 0 unspecified atom stereocenters. The summed E-state index contributed by atoms with van der Waals surface area (Å²) >= 11 is 1.49. The molecule has 2 aliphatic heterocycles. The largest absolute Gasteiger partial charge is 1.00 e. The fourth-order valence-corrected chi connectivity index (χ4v) is 5.70. The SMILES string of the molecule is O=C(Cc1ccccc1)N[C@@H]1C(=O)N2C(C(=O)[O-])=C3C=C(c4ccccc4)[C@@H]3S[C@H]12.[Na+]. The summed E-state index contributed by atoms with van der Waals surface area (Å²) in [5.41, 5.74) is 3.39. The van der Waals surface area contributed by atoms with Crippen LogP contribution in [0.1, 0.15) is 11.1 Å². The van der Waals surface area contributed by atoms with Gasteiger partial charge in [-0.15, -0.1) is 11.8 Å². The number of hydrogen-bond acceptors (Lipinski definition) is 5. The van der Waals surface area contributed by atoms with E-state index in [1.165, 1.54) is 16.7 Å². The molecule has 150 valence electrons.